The fourth-order valence-corrected chi connectivity index (χ4v) is 2.46. The second kappa shape index (κ2) is 9.19. The predicted octanol–water partition coefficient (Wildman–Crippen LogP) is 3.78. The van der Waals surface area contributed by atoms with E-state index in [4.69, 9.17) is 4.74 Å². The lowest BCUT2D eigenvalue weighted by atomic mass is 10.1. The monoisotopic (exact) mass is 363 g/mol. The molecular weight excluding hydrogens is 342 g/mol. The summed E-state index contributed by atoms with van der Waals surface area (Å²) < 4.78 is 5.22. The van der Waals surface area contributed by atoms with Crippen LogP contribution in [0.1, 0.15) is 5.56 Å². The summed E-state index contributed by atoms with van der Waals surface area (Å²) in [5, 5.41) is 16.7. The van der Waals surface area contributed by atoms with Crippen LogP contribution in [0, 0.1) is 0 Å². The topological polar surface area (TPSA) is 88.2 Å². The minimum Gasteiger partial charge on any atom is -0.497 e. The standard InChI is InChI=1S/C20H21N5O2/c1-27-17-9-5-6-15(14-17)12-13-21-18-10-11-19(25-24-18)23-20(26)22-16-7-3-2-4-8-16/h2-11,14H,12-13H2,1H3,(H,21,24)(H2,22,23,25,26). The Labute approximate surface area is 157 Å². The smallest absolute Gasteiger partial charge is 0.324 e. The molecule has 0 atom stereocenters. The Morgan fingerprint density at radius 1 is 0.926 bits per heavy atom. The van der Waals surface area contributed by atoms with Crippen molar-refractivity contribution < 1.29 is 9.53 Å². The zero-order valence-corrected chi connectivity index (χ0v) is 15.0. The highest BCUT2D eigenvalue weighted by atomic mass is 16.5. The van der Waals surface area contributed by atoms with Crippen molar-refractivity contribution in [3.05, 3.63) is 72.3 Å². The molecule has 27 heavy (non-hydrogen) atoms. The third kappa shape index (κ3) is 5.71. The lowest BCUT2D eigenvalue weighted by Crippen LogP contribution is -2.20. The first-order valence-corrected chi connectivity index (χ1v) is 8.56. The van der Waals surface area contributed by atoms with E-state index in [2.05, 4.69) is 26.1 Å². The summed E-state index contributed by atoms with van der Waals surface area (Å²) in [4.78, 5) is 11.9. The van der Waals surface area contributed by atoms with Crippen molar-refractivity contribution in [1.82, 2.24) is 10.2 Å². The van der Waals surface area contributed by atoms with Gasteiger partial charge in [0.05, 0.1) is 7.11 Å². The van der Waals surface area contributed by atoms with Gasteiger partial charge in [0.25, 0.3) is 0 Å². The molecule has 2 aromatic carbocycles. The van der Waals surface area contributed by atoms with E-state index in [1.807, 2.05) is 42.5 Å². The molecule has 0 aliphatic carbocycles. The third-order valence-corrected chi connectivity index (χ3v) is 3.79. The average molecular weight is 363 g/mol. The van der Waals surface area contributed by atoms with Gasteiger partial charge in [-0.25, -0.2) is 4.79 Å². The highest BCUT2D eigenvalue weighted by Gasteiger charge is 2.04. The Bertz CT molecular complexity index is 869. The summed E-state index contributed by atoms with van der Waals surface area (Å²) in [6, 6.07) is 20.2. The van der Waals surface area contributed by atoms with Gasteiger partial charge >= 0.3 is 6.03 Å². The van der Waals surface area contributed by atoms with Crippen LogP contribution in [0.25, 0.3) is 0 Å². The van der Waals surface area contributed by atoms with Crippen molar-refractivity contribution in [2.24, 2.45) is 0 Å². The van der Waals surface area contributed by atoms with Crippen molar-refractivity contribution in [3.8, 4) is 5.75 Å². The Balaban J connectivity index is 1.46. The maximum absolute atomic E-state index is 11.9. The summed E-state index contributed by atoms with van der Waals surface area (Å²) in [6.45, 7) is 0.711. The largest absolute Gasteiger partial charge is 0.497 e. The van der Waals surface area contributed by atoms with Gasteiger partial charge in [0.2, 0.25) is 0 Å². The molecule has 3 aromatic rings. The lowest BCUT2D eigenvalue weighted by Gasteiger charge is -2.08. The number of urea groups is 1. The van der Waals surface area contributed by atoms with Gasteiger partial charge in [0.1, 0.15) is 11.6 Å². The van der Waals surface area contributed by atoms with Crippen LogP contribution in [-0.4, -0.2) is 29.9 Å². The van der Waals surface area contributed by atoms with Crippen LogP contribution in [0.2, 0.25) is 0 Å². The number of benzene rings is 2. The number of rotatable bonds is 7. The van der Waals surface area contributed by atoms with Crippen molar-refractivity contribution in [3.63, 3.8) is 0 Å². The molecule has 0 saturated carbocycles. The third-order valence-electron chi connectivity index (χ3n) is 3.79. The number of amides is 2. The van der Waals surface area contributed by atoms with Gasteiger partial charge in [-0.3, -0.25) is 5.32 Å². The molecule has 7 nitrogen and oxygen atoms in total. The van der Waals surface area contributed by atoms with Crippen LogP contribution in [0.3, 0.4) is 0 Å². The molecule has 0 saturated heterocycles. The average Bonchev–Trinajstić information content (AvgIpc) is 2.70. The van der Waals surface area contributed by atoms with E-state index >= 15 is 0 Å². The number of methoxy groups -OCH3 is 1. The number of nitrogens with zero attached hydrogens (tertiary/aromatic N) is 2. The number of para-hydroxylation sites is 1. The van der Waals surface area contributed by atoms with Crippen LogP contribution in [-0.2, 0) is 6.42 Å². The first-order valence-electron chi connectivity index (χ1n) is 8.56. The zero-order chi connectivity index (χ0) is 18.9. The molecule has 3 rings (SSSR count). The fourth-order valence-electron chi connectivity index (χ4n) is 2.46. The number of carbonyl (C=O) groups excluding carboxylic acids is 1. The minimum absolute atomic E-state index is 0.366. The molecule has 1 heterocycles. The normalized spacial score (nSPS) is 10.1. The second-order valence-corrected chi connectivity index (χ2v) is 5.78. The van der Waals surface area contributed by atoms with E-state index in [-0.39, 0.29) is 6.03 Å². The number of carbonyl (C=O) groups is 1. The Kier molecular flexibility index (Phi) is 6.19. The summed E-state index contributed by atoms with van der Waals surface area (Å²) in [6.07, 6.45) is 0.832. The van der Waals surface area contributed by atoms with Crippen LogP contribution < -0.4 is 20.7 Å². The van der Waals surface area contributed by atoms with E-state index in [0.717, 1.165) is 12.2 Å². The molecule has 0 radical (unpaired) electrons. The minimum atomic E-state index is -0.366. The molecule has 1 aromatic heterocycles. The maximum Gasteiger partial charge on any atom is 0.324 e. The molecule has 0 bridgehead atoms. The maximum atomic E-state index is 11.9. The van der Waals surface area contributed by atoms with Gasteiger partial charge < -0.3 is 15.4 Å². The molecule has 0 fully saturated rings. The Hall–Kier alpha value is -3.61. The molecule has 0 spiro atoms. The molecule has 7 heteroatoms. The van der Waals surface area contributed by atoms with Gasteiger partial charge in [-0.05, 0) is 48.4 Å². The summed E-state index contributed by atoms with van der Waals surface area (Å²) in [5.41, 5.74) is 1.88. The molecule has 3 N–H and O–H groups in total. The van der Waals surface area contributed by atoms with E-state index in [1.54, 1.807) is 31.4 Å². The number of anilines is 3. The molecular formula is C20H21N5O2. The van der Waals surface area contributed by atoms with Crippen LogP contribution in [0.5, 0.6) is 5.75 Å². The quantitative estimate of drug-likeness (QED) is 0.594. The van der Waals surface area contributed by atoms with Crippen molar-refractivity contribution in [2.45, 2.75) is 6.42 Å². The van der Waals surface area contributed by atoms with E-state index in [1.165, 1.54) is 5.56 Å². The summed E-state index contributed by atoms with van der Waals surface area (Å²) >= 11 is 0. The van der Waals surface area contributed by atoms with E-state index in [0.29, 0.717) is 23.9 Å². The van der Waals surface area contributed by atoms with Crippen molar-refractivity contribution in [1.29, 1.82) is 0 Å². The van der Waals surface area contributed by atoms with Gasteiger partial charge in [-0.15, -0.1) is 10.2 Å². The van der Waals surface area contributed by atoms with Gasteiger partial charge in [-0.2, -0.15) is 0 Å². The first kappa shape index (κ1) is 18.2. The van der Waals surface area contributed by atoms with Gasteiger partial charge in [-0.1, -0.05) is 30.3 Å². The zero-order valence-electron chi connectivity index (χ0n) is 15.0. The molecule has 0 unspecified atom stereocenters. The Morgan fingerprint density at radius 3 is 2.44 bits per heavy atom. The summed E-state index contributed by atoms with van der Waals surface area (Å²) in [5.74, 6) is 1.87. The highest BCUT2D eigenvalue weighted by molar-refractivity contribution is 5.99. The lowest BCUT2D eigenvalue weighted by molar-refractivity contribution is 0.262. The van der Waals surface area contributed by atoms with Crippen LogP contribution >= 0.6 is 0 Å². The van der Waals surface area contributed by atoms with Crippen molar-refractivity contribution >= 4 is 23.4 Å². The van der Waals surface area contributed by atoms with E-state index in [9.17, 15) is 4.79 Å². The highest BCUT2D eigenvalue weighted by Crippen LogP contribution is 2.13. The Morgan fingerprint density at radius 2 is 1.70 bits per heavy atom. The molecule has 0 aliphatic heterocycles. The number of hydrogen-bond acceptors (Lipinski definition) is 5. The fraction of sp³-hybridized carbons (Fsp3) is 0.150. The predicted molar refractivity (Wildman–Crippen MR) is 106 cm³/mol. The van der Waals surface area contributed by atoms with Crippen molar-refractivity contribution in [2.75, 3.05) is 29.6 Å². The van der Waals surface area contributed by atoms with Gasteiger partial charge in [0.15, 0.2) is 5.82 Å². The van der Waals surface area contributed by atoms with Crippen LogP contribution in [0.15, 0.2) is 66.7 Å². The summed E-state index contributed by atoms with van der Waals surface area (Å²) in [7, 11) is 1.66. The molecule has 138 valence electrons. The number of nitrogens with one attached hydrogen (secondary N) is 3. The molecule has 2 amide bonds. The number of hydrogen-bond donors (Lipinski definition) is 3. The second-order valence-electron chi connectivity index (χ2n) is 5.78. The SMILES string of the molecule is COc1cccc(CCNc2ccc(NC(=O)Nc3ccccc3)nn2)c1. The first-order chi connectivity index (χ1) is 13.2. The van der Waals surface area contributed by atoms with Gasteiger partial charge in [0, 0.05) is 12.2 Å². The number of ether oxygens (including phenoxy) is 1. The molecule has 0 aliphatic rings. The number of aromatic nitrogens is 2. The van der Waals surface area contributed by atoms with E-state index < -0.39 is 0 Å². The van der Waals surface area contributed by atoms with Crippen LogP contribution in [0.4, 0.5) is 22.1 Å².